The van der Waals surface area contributed by atoms with Crippen LogP contribution in [0.1, 0.15) is 272 Å². The molecule has 0 bridgehead atoms. The Labute approximate surface area is 575 Å². The van der Waals surface area contributed by atoms with Crippen LogP contribution >= 0.6 is 15.9 Å². The zero-order valence-electron chi connectivity index (χ0n) is 57.7. The fourth-order valence-electron chi connectivity index (χ4n) is 16.3. The summed E-state index contributed by atoms with van der Waals surface area (Å²) in [6.45, 7) is 21.7. The number of unbranched alkanes of at least 4 members (excludes halogenated alkanes) is 8. The third-order valence-corrected chi connectivity index (χ3v) is 22.8. The Bertz CT molecular complexity index is 3300. The summed E-state index contributed by atoms with van der Waals surface area (Å²) in [5.41, 5.74) is 10.9. The summed E-state index contributed by atoms with van der Waals surface area (Å²) in [4.78, 5) is 22.5. The summed E-state index contributed by atoms with van der Waals surface area (Å²) >= 11 is 3.51. The summed E-state index contributed by atoms with van der Waals surface area (Å²) in [5.74, 6) is 0.0502. The zero-order valence-corrected chi connectivity index (χ0v) is 59.2. The minimum atomic E-state index is -0.317. The van der Waals surface area contributed by atoms with Crippen molar-refractivity contribution < 1.29 is 54.8 Å². The van der Waals surface area contributed by atoms with E-state index in [0.717, 1.165) is 203 Å². The molecule has 3 aromatic rings. The van der Waals surface area contributed by atoms with Crippen LogP contribution in [0.5, 0.6) is 34.5 Å². The number of halogens is 1. The van der Waals surface area contributed by atoms with Gasteiger partial charge < -0.3 is 45.2 Å². The minimum absolute atomic E-state index is 0.00787. The largest absolute Gasteiger partial charge is 0.507 e. The number of hydrogen-bond acceptors (Lipinski definition) is 13. The first kappa shape index (κ1) is 75.6. The van der Waals surface area contributed by atoms with Gasteiger partial charge in [0.1, 0.15) is 47.7 Å². The highest BCUT2D eigenvalue weighted by Gasteiger charge is 2.43. The molecule has 0 saturated heterocycles. The lowest BCUT2D eigenvalue weighted by atomic mass is 9.61. The van der Waals surface area contributed by atoms with Gasteiger partial charge in [-0.1, -0.05) is 128 Å². The van der Waals surface area contributed by atoms with Gasteiger partial charge in [-0.15, -0.1) is 0 Å². The monoisotopic (exact) mass is 1360 g/mol. The first-order valence-corrected chi connectivity index (χ1v) is 36.5. The molecule has 0 amide bonds. The Balaban J connectivity index is 0.000000202. The van der Waals surface area contributed by atoms with Crippen LogP contribution in [0.2, 0.25) is 0 Å². The van der Waals surface area contributed by atoms with Crippen LogP contribution in [0.15, 0.2) is 108 Å². The number of nitrogens with zero attached hydrogens (tertiary/aromatic N) is 2. The number of phenolic OH excluding ortho intramolecular Hbond substituents is 6. The number of nitriles is 2. The van der Waals surface area contributed by atoms with E-state index in [-0.39, 0.29) is 118 Å². The van der Waals surface area contributed by atoms with E-state index >= 15 is 0 Å². The van der Waals surface area contributed by atoms with E-state index in [4.69, 9.17) is 20.0 Å². The molecule has 95 heavy (non-hydrogen) atoms. The highest BCUT2D eigenvalue weighted by Crippen LogP contribution is 2.56. The van der Waals surface area contributed by atoms with Crippen LogP contribution < -0.4 is 0 Å². The van der Waals surface area contributed by atoms with Crippen molar-refractivity contribution in [2.45, 2.75) is 255 Å². The van der Waals surface area contributed by atoms with Gasteiger partial charge >= 0.3 is 11.9 Å². The number of hydrogen-bond donors (Lipinski definition) is 7. The number of rotatable bonds is 29. The molecule has 6 aliphatic rings. The highest BCUT2D eigenvalue weighted by molar-refractivity contribution is 9.09. The van der Waals surface area contributed by atoms with Gasteiger partial charge in [0.2, 0.25) is 0 Å². The lowest BCUT2D eigenvalue weighted by Crippen LogP contribution is -2.34. The molecular weight excluding hydrogens is 1260 g/mol. The Morgan fingerprint density at radius 2 is 0.758 bits per heavy atom. The van der Waals surface area contributed by atoms with Crippen molar-refractivity contribution in [2.75, 3.05) is 25.2 Å². The molecule has 3 aromatic carbocycles. The van der Waals surface area contributed by atoms with Gasteiger partial charge in [-0.05, 0) is 240 Å². The standard InChI is InChI=1S/C28H37NO4.C27H37BrO4.C26H35NO3/c1-19(2)23-10-9-21(18-33-20(3)30)15-24(23)27-25(31)16-22(17-26(27)32)28(12-8-13-28)11-6-4-5-7-14-29;1-18(2)22-9-8-20(17-32-19(3)29)14-23(22)26-24(30)15-21(16-25(26)31)27(11-7-12-27)10-5-4-6-13-28;1-18(2)21-9-8-19(17-28)14-22(21)25-23(29)15-20(16-24(25)30)26(11-7-12-26)10-5-3-4-6-13-27/h15-17,23-24,31-32H,1,4-13,18H2,2-3H3;14-16,22-23,30-31H,1,4-13,17H2,2-3H3;14-16,21-22,28-30H,1,3-12,17H2,2H3/t23-,24+;22-,23+;21-,22+/m111/s1. The molecule has 0 aromatic heterocycles. The maximum absolute atomic E-state index is 11.3. The maximum atomic E-state index is 11.3. The number of allylic oxidation sites excluding steroid dienone is 6. The minimum Gasteiger partial charge on any atom is -0.507 e. The second kappa shape index (κ2) is 35.5. The van der Waals surface area contributed by atoms with Crippen molar-refractivity contribution in [1.29, 1.82) is 10.5 Å². The predicted octanol–water partition coefficient (Wildman–Crippen LogP) is 19.6. The molecule has 0 unspecified atom stereocenters. The zero-order chi connectivity index (χ0) is 69.0. The van der Waals surface area contributed by atoms with Gasteiger partial charge in [-0.3, -0.25) is 9.59 Å². The van der Waals surface area contributed by atoms with E-state index < -0.39 is 0 Å². The van der Waals surface area contributed by atoms with Crippen molar-refractivity contribution in [3.05, 3.63) is 141 Å². The van der Waals surface area contributed by atoms with Gasteiger partial charge in [-0.25, -0.2) is 0 Å². The van der Waals surface area contributed by atoms with Crippen LogP contribution in [-0.4, -0.2) is 72.8 Å². The Morgan fingerprint density at radius 1 is 0.474 bits per heavy atom. The average Bonchev–Trinajstić information content (AvgIpc) is 0.771. The Morgan fingerprint density at radius 3 is 1.00 bits per heavy atom. The maximum Gasteiger partial charge on any atom is 0.302 e. The molecule has 14 heteroatoms. The molecule has 3 saturated carbocycles. The number of aromatic hydroxyl groups is 6. The van der Waals surface area contributed by atoms with Crippen molar-refractivity contribution in [3.63, 3.8) is 0 Å². The molecule has 0 spiro atoms. The first-order valence-electron chi connectivity index (χ1n) is 35.4. The fourth-order valence-corrected chi connectivity index (χ4v) is 16.7. The highest BCUT2D eigenvalue weighted by atomic mass is 79.9. The van der Waals surface area contributed by atoms with Crippen molar-refractivity contribution in [3.8, 4) is 46.6 Å². The molecule has 516 valence electrons. The third-order valence-electron chi connectivity index (χ3n) is 22.3. The molecule has 0 heterocycles. The summed E-state index contributed by atoms with van der Waals surface area (Å²) in [6.07, 6.45) is 35.1. The van der Waals surface area contributed by atoms with E-state index in [9.17, 15) is 45.3 Å². The normalized spacial score (nSPS) is 22.0. The predicted molar refractivity (Wildman–Crippen MR) is 381 cm³/mol. The van der Waals surface area contributed by atoms with Crippen LogP contribution in [0, 0.1) is 40.4 Å². The van der Waals surface area contributed by atoms with Crippen molar-refractivity contribution in [1.82, 2.24) is 0 Å². The van der Waals surface area contributed by atoms with E-state index in [2.05, 4.69) is 53.9 Å². The first-order chi connectivity index (χ1) is 45.5. The number of phenols is 6. The molecule has 0 aliphatic heterocycles. The Kier molecular flexibility index (Phi) is 28.3. The number of esters is 2. The van der Waals surface area contributed by atoms with Crippen LogP contribution in [-0.2, 0) is 35.3 Å². The molecule has 7 N–H and O–H groups in total. The molecule has 13 nitrogen and oxygen atoms in total. The summed E-state index contributed by atoms with van der Waals surface area (Å²) in [6, 6.07) is 15.6. The number of carbonyl (C=O) groups excluding carboxylic acids is 2. The van der Waals surface area contributed by atoms with Gasteiger partial charge in [0.05, 0.1) is 18.7 Å². The second-order valence-corrected chi connectivity index (χ2v) is 29.7. The summed E-state index contributed by atoms with van der Waals surface area (Å²) in [5, 5.41) is 94.5. The number of benzene rings is 3. The average molecular weight is 1370 g/mol. The van der Waals surface area contributed by atoms with Crippen LogP contribution in [0.3, 0.4) is 0 Å². The van der Waals surface area contributed by atoms with E-state index in [1.165, 1.54) is 39.5 Å². The number of alkyl halides is 1. The number of carbonyl (C=O) groups is 2. The molecule has 6 atom stereocenters. The topological polar surface area (TPSA) is 242 Å². The van der Waals surface area contributed by atoms with E-state index in [0.29, 0.717) is 29.5 Å². The summed E-state index contributed by atoms with van der Waals surface area (Å²) < 4.78 is 10.4. The van der Waals surface area contributed by atoms with Crippen LogP contribution in [0.25, 0.3) is 0 Å². The van der Waals surface area contributed by atoms with Gasteiger partial charge in [0.15, 0.2) is 0 Å². The van der Waals surface area contributed by atoms with E-state index in [1.54, 1.807) is 0 Å². The van der Waals surface area contributed by atoms with Crippen molar-refractivity contribution >= 4 is 27.9 Å². The SMILES string of the molecule is C=C(C)[C@H]1CCC(CO)=C[C@@H]1c1c(O)cc(C2(CCCCCC#N)CCC2)cc1O.C=C(C)[C@H]1CCC(COC(C)=O)=C[C@@H]1c1c(O)cc(C2(CCCCCBr)CCC2)cc1O.C=C(C)[C@H]1CCC(COC(C)=O)=C[C@@H]1c1c(O)cc(C2(CCCCCC#N)CCC2)cc1O. The molecule has 3 fully saturated rings. The number of ether oxygens (including phenoxy) is 2. The van der Waals surface area contributed by atoms with Gasteiger partial charge in [-0.2, -0.15) is 10.5 Å². The van der Waals surface area contributed by atoms with Gasteiger partial charge in [0, 0.05) is 66.5 Å². The lowest BCUT2D eigenvalue weighted by Gasteiger charge is -2.43. The Hall–Kier alpha value is -6.74. The van der Waals surface area contributed by atoms with Gasteiger partial charge in [0.25, 0.3) is 0 Å². The number of aliphatic hydroxyl groups excluding tert-OH is 1. The smallest absolute Gasteiger partial charge is 0.302 e. The fraction of sp³-hybridized carbons (Fsp3) is 0.580. The number of aliphatic hydroxyl groups is 1. The lowest BCUT2D eigenvalue weighted by molar-refractivity contribution is -0.141. The second-order valence-electron chi connectivity index (χ2n) is 28.9. The molecule has 9 rings (SSSR count). The molecule has 6 aliphatic carbocycles. The summed E-state index contributed by atoms with van der Waals surface area (Å²) in [7, 11) is 0. The molecule has 0 radical (unpaired) electrons. The van der Waals surface area contributed by atoms with E-state index in [1.807, 2.05) is 69.3 Å². The quantitative estimate of drug-likeness (QED) is 0.0148. The third kappa shape index (κ3) is 19.3. The molecular formula is C81H109BrN2O11. The van der Waals surface area contributed by atoms with Crippen LogP contribution in [0.4, 0.5) is 0 Å². The van der Waals surface area contributed by atoms with Crippen molar-refractivity contribution in [2.24, 2.45) is 17.8 Å².